The van der Waals surface area contributed by atoms with Gasteiger partial charge in [0.2, 0.25) is 0 Å². The van der Waals surface area contributed by atoms with Gasteiger partial charge in [-0.1, -0.05) is 30.3 Å². The van der Waals surface area contributed by atoms with E-state index in [4.69, 9.17) is 4.74 Å². The van der Waals surface area contributed by atoms with Gasteiger partial charge in [0.05, 0.1) is 25.5 Å². The Kier molecular flexibility index (Phi) is 5.22. The largest absolute Gasteiger partial charge is 0.379 e. The van der Waals surface area contributed by atoms with Gasteiger partial charge in [0.15, 0.2) is 0 Å². The van der Waals surface area contributed by atoms with Crippen LogP contribution in [-0.4, -0.2) is 70.6 Å². The van der Waals surface area contributed by atoms with E-state index in [1.807, 2.05) is 11.0 Å². The van der Waals surface area contributed by atoms with Crippen LogP contribution in [-0.2, 0) is 11.2 Å². The predicted molar refractivity (Wildman–Crippen MR) is 97.8 cm³/mol. The Balaban J connectivity index is 1.58. The second-order valence-corrected chi connectivity index (χ2v) is 6.85. The average Bonchev–Trinajstić information content (AvgIpc) is 3.13. The number of aromatic nitrogens is 2. The molecule has 1 aromatic heterocycles. The van der Waals surface area contributed by atoms with E-state index in [0.717, 1.165) is 45.7 Å². The van der Waals surface area contributed by atoms with Crippen LogP contribution in [0.15, 0.2) is 48.9 Å². The molecule has 2 aliphatic rings. The van der Waals surface area contributed by atoms with Gasteiger partial charge in [0.25, 0.3) is 5.91 Å². The van der Waals surface area contributed by atoms with Crippen molar-refractivity contribution in [2.24, 2.45) is 0 Å². The lowest BCUT2D eigenvalue weighted by Gasteiger charge is -2.37. The summed E-state index contributed by atoms with van der Waals surface area (Å²) in [7, 11) is 0. The van der Waals surface area contributed by atoms with Crippen LogP contribution < -0.4 is 0 Å². The molecule has 1 amide bonds. The van der Waals surface area contributed by atoms with Crippen molar-refractivity contribution in [1.29, 1.82) is 0 Å². The Morgan fingerprint density at radius 3 is 2.65 bits per heavy atom. The molecule has 0 spiro atoms. The first-order valence-electron chi connectivity index (χ1n) is 9.25. The summed E-state index contributed by atoms with van der Waals surface area (Å²) in [5.41, 5.74) is 1.68. The summed E-state index contributed by atoms with van der Waals surface area (Å²) in [5, 5.41) is 0. The summed E-state index contributed by atoms with van der Waals surface area (Å²) in [6.07, 6.45) is 6.58. The molecule has 2 saturated heterocycles. The van der Waals surface area contributed by atoms with Crippen LogP contribution in [0, 0.1) is 0 Å². The van der Waals surface area contributed by atoms with Gasteiger partial charge >= 0.3 is 0 Å². The van der Waals surface area contributed by atoms with Gasteiger partial charge in [-0.05, 0) is 18.4 Å². The molecule has 0 aliphatic carbocycles. The van der Waals surface area contributed by atoms with Crippen molar-refractivity contribution in [3.63, 3.8) is 0 Å². The van der Waals surface area contributed by atoms with Crippen LogP contribution in [0.5, 0.6) is 0 Å². The maximum atomic E-state index is 13.1. The number of hydrogen-bond acceptors (Lipinski definition) is 5. The number of ether oxygens (including phenoxy) is 1. The molecule has 2 fully saturated rings. The minimum absolute atomic E-state index is 0.0187. The summed E-state index contributed by atoms with van der Waals surface area (Å²) >= 11 is 0. The Hall–Kier alpha value is -2.31. The maximum absolute atomic E-state index is 13.1. The Morgan fingerprint density at radius 2 is 1.92 bits per heavy atom. The molecule has 1 aromatic carbocycles. The van der Waals surface area contributed by atoms with Crippen LogP contribution in [0.4, 0.5) is 0 Å². The molecule has 3 heterocycles. The van der Waals surface area contributed by atoms with Crippen LogP contribution >= 0.6 is 0 Å². The first-order chi connectivity index (χ1) is 12.8. The molecule has 0 N–H and O–H groups in total. The van der Waals surface area contributed by atoms with Gasteiger partial charge in [-0.3, -0.25) is 14.7 Å². The van der Waals surface area contributed by atoms with Crippen molar-refractivity contribution >= 4 is 5.91 Å². The summed E-state index contributed by atoms with van der Waals surface area (Å²) in [6.45, 7) is 4.17. The van der Waals surface area contributed by atoms with Crippen molar-refractivity contribution in [2.45, 2.75) is 24.9 Å². The highest BCUT2D eigenvalue weighted by atomic mass is 16.5. The van der Waals surface area contributed by atoms with E-state index in [1.54, 1.807) is 18.6 Å². The summed E-state index contributed by atoms with van der Waals surface area (Å²) in [6, 6.07) is 10.9. The highest BCUT2D eigenvalue weighted by molar-refractivity contribution is 5.92. The lowest BCUT2D eigenvalue weighted by atomic mass is 9.98. The zero-order valence-corrected chi connectivity index (χ0v) is 14.8. The number of rotatable bonds is 4. The molecule has 0 saturated carbocycles. The normalized spacial score (nSPS) is 23.9. The summed E-state index contributed by atoms with van der Waals surface area (Å²) in [4.78, 5) is 25.8. The molecule has 6 nitrogen and oxygen atoms in total. The molecule has 0 bridgehead atoms. The van der Waals surface area contributed by atoms with Crippen LogP contribution in [0.3, 0.4) is 0 Å². The quantitative estimate of drug-likeness (QED) is 0.837. The number of amides is 1. The first kappa shape index (κ1) is 17.1. The number of nitrogens with zero attached hydrogens (tertiary/aromatic N) is 4. The summed E-state index contributed by atoms with van der Waals surface area (Å²) < 4.78 is 5.52. The topological polar surface area (TPSA) is 58.6 Å². The van der Waals surface area contributed by atoms with Crippen LogP contribution in [0.1, 0.15) is 22.5 Å². The van der Waals surface area contributed by atoms with Crippen molar-refractivity contribution < 1.29 is 9.53 Å². The minimum Gasteiger partial charge on any atom is -0.379 e. The molecule has 6 heteroatoms. The van der Waals surface area contributed by atoms with Gasteiger partial charge < -0.3 is 9.64 Å². The second-order valence-electron chi connectivity index (χ2n) is 6.85. The molecule has 2 atom stereocenters. The number of likely N-dealkylation sites (tertiary alicyclic amines) is 1. The monoisotopic (exact) mass is 352 g/mol. The fraction of sp³-hybridized carbons (Fsp3) is 0.450. The van der Waals surface area contributed by atoms with E-state index >= 15 is 0 Å². The Bertz CT molecular complexity index is 719. The lowest BCUT2D eigenvalue weighted by molar-refractivity contribution is 0.00859. The van der Waals surface area contributed by atoms with Gasteiger partial charge in [-0.25, -0.2) is 4.98 Å². The van der Waals surface area contributed by atoms with Gasteiger partial charge in [-0.15, -0.1) is 0 Å². The van der Waals surface area contributed by atoms with Crippen LogP contribution in [0.2, 0.25) is 0 Å². The standard InChI is InChI=1S/C20H24N4O2/c25-20(17-15-21-7-8-22-17)24-9-6-18(23-10-12-26-13-11-23)19(24)14-16-4-2-1-3-5-16/h1-5,7-8,15,18-19H,6,9-14H2/t18-,19+/m1/s1. The lowest BCUT2D eigenvalue weighted by Crippen LogP contribution is -2.51. The average molecular weight is 352 g/mol. The second kappa shape index (κ2) is 7.93. The van der Waals surface area contributed by atoms with E-state index in [0.29, 0.717) is 11.7 Å². The molecule has 136 valence electrons. The third kappa shape index (κ3) is 3.61. The SMILES string of the molecule is O=C(c1cnccn1)N1CC[C@@H](N2CCOCC2)[C@@H]1Cc1ccccc1. The predicted octanol–water partition coefficient (Wildman–Crippen LogP) is 1.63. The van der Waals surface area contributed by atoms with E-state index in [9.17, 15) is 4.79 Å². The number of carbonyl (C=O) groups is 1. The van der Waals surface area contributed by atoms with E-state index in [-0.39, 0.29) is 11.9 Å². The molecule has 4 rings (SSSR count). The number of carbonyl (C=O) groups excluding carboxylic acids is 1. The highest BCUT2D eigenvalue weighted by Gasteiger charge is 2.41. The molecule has 0 radical (unpaired) electrons. The van der Waals surface area contributed by atoms with Gasteiger partial charge in [0.1, 0.15) is 5.69 Å². The van der Waals surface area contributed by atoms with Crippen molar-refractivity contribution in [1.82, 2.24) is 19.8 Å². The maximum Gasteiger partial charge on any atom is 0.274 e. The minimum atomic E-state index is -0.0187. The number of hydrogen-bond donors (Lipinski definition) is 0. The smallest absolute Gasteiger partial charge is 0.274 e. The molecule has 0 unspecified atom stereocenters. The third-order valence-electron chi connectivity index (χ3n) is 5.36. The first-order valence-corrected chi connectivity index (χ1v) is 9.25. The van der Waals surface area contributed by atoms with E-state index < -0.39 is 0 Å². The van der Waals surface area contributed by atoms with Crippen LogP contribution in [0.25, 0.3) is 0 Å². The van der Waals surface area contributed by atoms with Crippen molar-refractivity contribution in [2.75, 3.05) is 32.8 Å². The van der Waals surface area contributed by atoms with Gasteiger partial charge in [-0.2, -0.15) is 0 Å². The molecule has 2 aromatic rings. The number of morpholine rings is 1. The molecular weight excluding hydrogens is 328 g/mol. The van der Waals surface area contributed by atoms with E-state index in [1.165, 1.54) is 5.56 Å². The number of benzene rings is 1. The zero-order valence-electron chi connectivity index (χ0n) is 14.8. The highest BCUT2D eigenvalue weighted by Crippen LogP contribution is 2.28. The fourth-order valence-electron chi connectivity index (χ4n) is 4.08. The van der Waals surface area contributed by atoms with Crippen molar-refractivity contribution in [3.05, 3.63) is 60.2 Å². The molecular formula is C20H24N4O2. The van der Waals surface area contributed by atoms with Crippen molar-refractivity contribution in [3.8, 4) is 0 Å². The molecule has 26 heavy (non-hydrogen) atoms. The zero-order chi connectivity index (χ0) is 17.8. The van der Waals surface area contributed by atoms with Gasteiger partial charge in [0, 0.05) is 38.1 Å². The molecule has 2 aliphatic heterocycles. The fourth-order valence-corrected chi connectivity index (χ4v) is 4.08. The third-order valence-corrected chi connectivity index (χ3v) is 5.36. The summed E-state index contributed by atoms with van der Waals surface area (Å²) in [5.74, 6) is -0.0187. The Labute approximate surface area is 153 Å². The Morgan fingerprint density at radius 1 is 1.12 bits per heavy atom. The van der Waals surface area contributed by atoms with E-state index in [2.05, 4.69) is 39.1 Å².